The molecule has 1 aliphatic rings. The summed E-state index contributed by atoms with van der Waals surface area (Å²) in [5, 5.41) is 12.3. The Morgan fingerprint density at radius 1 is 1.11 bits per heavy atom. The van der Waals surface area contributed by atoms with Crippen molar-refractivity contribution < 1.29 is 14.6 Å². The van der Waals surface area contributed by atoms with Gasteiger partial charge in [0.25, 0.3) is 5.91 Å². The number of rotatable bonds is 9. The fourth-order valence-corrected chi connectivity index (χ4v) is 4.45. The first-order chi connectivity index (χ1) is 17.0. The topological polar surface area (TPSA) is 61.8 Å². The molecule has 1 amide bonds. The number of carbonyl (C=O) groups is 1. The summed E-state index contributed by atoms with van der Waals surface area (Å²) in [5.41, 5.74) is 4.83. The first-order valence-corrected chi connectivity index (χ1v) is 13.2. The summed E-state index contributed by atoms with van der Waals surface area (Å²) in [6.07, 6.45) is 10.8. The quantitative estimate of drug-likeness (QED) is 0.208. The van der Waals surface area contributed by atoms with E-state index in [-0.39, 0.29) is 16.7 Å². The van der Waals surface area contributed by atoms with Crippen molar-refractivity contribution in [2.45, 2.75) is 92.4 Å². The molecular weight excluding hydrogens is 448 g/mol. The van der Waals surface area contributed by atoms with Crippen LogP contribution in [0.3, 0.4) is 0 Å². The number of aliphatic hydroxyl groups excluding tert-OH is 1. The van der Waals surface area contributed by atoms with Crippen LogP contribution in [0.5, 0.6) is 0 Å². The van der Waals surface area contributed by atoms with Crippen LogP contribution in [0.4, 0.5) is 5.69 Å². The number of allylic oxidation sites excluding steroid dienone is 4. The standard InChI is InChI=1S/C29H42N2O3.C2H6/c1-9-13-26(34-11-3)24(10-2)30-27(33)25(14-12-19-32)31(8)21-15-16-22-23(20-21)29(6,7)18-17-28(22,4)5;1-2/h10,12-16,19-20,32H,9,11,17-18H2,1-8H3,(H,30,33);1-2H3/b19-12-,24-10+,25-14-,26-13+;. The summed E-state index contributed by atoms with van der Waals surface area (Å²) < 4.78 is 5.74. The summed E-state index contributed by atoms with van der Waals surface area (Å²) in [5.74, 6) is 0.367. The van der Waals surface area contributed by atoms with Crippen LogP contribution in [0.2, 0.25) is 0 Å². The van der Waals surface area contributed by atoms with Gasteiger partial charge >= 0.3 is 0 Å². The van der Waals surface area contributed by atoms with Gasteiger partial charge in [-0.15, -0.1) is 0 Å². The van der Waals surface area contributed by atoms with Crippen molar-refractivity contribution in [3.63, 3.8) is 0 Å². The van der Waals surface area contributed by atoms with Crippen molar-refractivity contribution in [3.05, 3.63) is 77.0 Å². The lowest BCUT2D eigenvalue weighted by molar-refractivity contribution is -0.116. The first kappa shape index (κ1) is 31.1. The molecule has 5 heteroatoms. The lowest BCUT2D eigenvalue weighted by Crippen LogP contribution is -2.35. The highest BCUT2D eigenvalue weighted by Gasteiger charge is 2.37. The Hall–Kier alpha value is -2.95. The summed E-state index contributed by atoms with van der Waals surface area (Å²) in [6.45, 7) is 19.5. The zero-order chi connectivity index (χ0) is 27.5. The molecule has 0 heterocycles. The molecular formula is C31H48N2O3. The van der Waals surface area contributed by atoms with E-state index in [1.54, 1.807) is 6.08 Å². The van der Waals surface area contributed by atoms with Gasteiger partial charge in [-0.25, -0.2) is 0 Å². The molecule has 0 unspecified atom stereocenters. The maximum Gasteiger partial charge on any atom is 0.272 e. The molecule has 1 aromatic rings. The zero-order valence-corrected chi connectivity index (χ0v) is 24.2. The number of nitrogens with one attached hydrogen (secondary N) is 1. The number of ether oxygens (including phenoxy) is 1. The minimum Gasteiger partial charge on any atom is -0.516 e. The summed E-state index contributed by atoms with van der Waals surface area (Å²) in [4.78, 5) is 15.3. The van der Waals surface area contributed by atoms with Gasteiger partial charge in [0.15, 0.2) is 0 Å². The first-order valence-electron chi connectivity index (χ1n) is 13.2. The van der Waals surface area contributed by atoms with E-state index in [2.05, 4.69) is 51.2 Å². The molecule has 0 bridgehead atoms. The van der Waals surface area contributed by atoms with Gasteiger partial charge in [-0.2, -0.15) is 0 Å². The fraction of sp³-hybridized carbons (Fsp3) is 0.516. The summed E-state index contributed by atoms with van der Waals surface area (Å²) in [7, 11) is 1.87. The zero-order valence-electron chi connectivity index (χ0n) is 24.2. The van der Waals surface area contributed by atoms with E-state index in [1.807, 2.05) is 58.7 Å². The Kier molecular flexibility index (Phi) is 12.1. The second-order valence-corrected chi connectivity index (χ2v) is 10.0. The highest BCUT2D eigenvalue weighted by molar-refractivity contribution is 5.98. The highest BCUT2D eigenvalue weighted by atomic mass is 16.5. The van der Waals surface area contributed by atoms with E-state index in [1.165, 1.54) is 17.2 Å². The van der Waals surface area contributed by atoms with Crippen molar-refractivity contribution in [1.29, 1.82) is 0 Å². The second-order valence-electron chi connectivity index (χ2n) is 10.0. The van der Waals surface area contributed by atoms with E-state index in [4.69, 9.17) is 4.74 Å². The molecule has 1 aliphatic carbocycles. The highest BCUT2D eigenvalue weighted by Crippen LogP contribution is 2.46. The van der Waals surface area contributed by atoms with Gasteiger partial charge in [0.05, 0.1) is 18.6 Å². The molecule has 0 aliphatic heterocycles. The predicted molar refractivity (Wildman–Crippen MR) is 153 cm³/mol. The van der Waals surface area contributed by atoms with Crippen molar-refractivity contribution in [1.82, 2.24) is 5.32 Å². The normalized spacial score (nSPS) is 17.1. The van der Waals surface area contributed by atoms with Gasteiger partial charge in [-0.1, -0.05) is 60.6 Å². The third-order valence-electron chi connectivity index (χ3n) is 6.65. The van der Waals surface area contributed by atoms with Crippen molar-refractivity contribution in [2.24, 2.45) is 0 Å². The molecule has 0 spiro atoms. The van der Waals surface area contributed by atoms with Crippen molar-refractivity contribution in [2.75, 3.05) is 18.6 Å². The van der Waals surface area contributed by atoms with Crippen LogP contribution in [0.1, 0.15) is 92.7 Å². The molecule has 5 nitrogen and oxygen atoms in total. The van der Waals surface area contributed by atoms with Crippen molar-refractivity contribution >= 4 is 11.6 Å². The smallest absolute Gasteiger partial charge is 0.272 e. The monoisotopic (exact) mass is 496 g/mol. The molecule has 200 valence electrons. The molecule has 36 heavy (non-hydrogen) atoms. The minimum atomic E-state index is -0.285. The molecule has 0 saturated carbocycles. The van der Waals surface area contributed by atoms with Gasteiger partial charge in [-0.3, -0.25) is 4.79 Å². The van der Waals surface area contributed by atoms with E-state index in [0.717, 1.165) is 31.2 Å². The molecule has 0 fully saturated rings. The number of hydrogen-bond donors (Lipinski definition) is 2. The maximum atomic E-state index is 13.4. The summed E-state index contributed by atoms with van der Waals surface area (Å²) >= 11 is 0. The minimum absolute atomic E-state index is 0.0638. The second kappa shape index (κ2) is 14.0. The third kappa shape index (κ3) is 7.52. The number of benzene rings is 1. The van der Waals surface area contributed by atoms with Gasteiger partial charge in [0, 0.05) is 12.7 Å². The van der Waals surface area contributed by atoms with E-state index >= 15 is 0 Å². The molecule has 0 radical (unpaired) electrons. The Labute approximate surface area is 219 Å². The van der Waals surface area contributed by atoms with Gasteiger partial charge < -0.3 is 20.1 Å². The van der Waals surface area contributed by atoms with Crippen molar-refractivity contribution in [3.8, 4) is 0 Å². The number of aliphatic hydroxyl groups is 1. The number of fused-ring (bicyclic) bond motifs is 1. The number of anilines is 1. The van der Waals surface area contributed by atoms with Gasteiger partial charge in [0.2, 0.25) is 0 Å². The number of amides is 1. The Morgan fingerprint density at radius 2 is 1.72 bits per heavy atom. The number of hydrogen-bond acceptors (Lipinski definition) is 4. The molecule has 0 saturated heterocycles. The van der Waals surface area contributed by atoms with Gasteiger partial charge in [-0.05, 0) is 85.4 Å². The summed E-state index contributed by atoms with van der Waals surface area (Å²) in [6, 6.07) is 6.48. The van der Waals surface area contributed by atoms with Crippen LogP contribution in [-0.4, -0.2) is 24.7 Å². The Morgan fingerprint density at radius 3 is 2.25 bits per heavy atom. The predicted octanol–water partition coefficient (Wildman–Crippen LogP) is 7.80. The Balaban J connectivity index is 0.00000316. The molecule has 2 N–H and O–H groups in total. The lowest BCUT2D eigenvalue weighted by Gasteiger charge is -2.42. The van der Waals surface area contributed by atoms with Crippen LogP contribution >= 0.6 is 0 Å². The van der Waals surface area contributed by atoms with Crippen LogP contribution in [0.15, 0.2) is 65.9 Å². The fourth-order valence-electron chi connectivity index (χ4n) is 4.45. The number of likely N-dealkylation sites (N-methyl/N-ethyl adjacent to an activating group) is 1. The average Bonchev–Trinajstić information content (AvgIpc) is 2.86. The maximum absolute atomic E-state index is 13.4. The molecule has 0 aromatic heterocycles. The van der Waals surface area contributed by atoms with Crippen LogP contribution < -0.4 is 10.2 Å². The van der Waals surface area contributed by atoms with E-state index in [9.17, 15) is 9.90 Å². The van der Waals surface area contributed by atoms with E-state index in [0.29, 0.717) is 23.8 Å². The molecule has 2 rings (SSSR count). The SMILES string of the molecule is C/C=C(NC(=O)/C(=C/C=C\O)N(C)c1ccc2c(c1)C(C)(C)CCC2(C)C)\C(=C/CC)OCC.CC. The Bertz CT molecular complexity index is 997. The van der Waals surface area contributed by atoms with E-state index < -0.39 is 0 Å². The van der Waals surface area contributed by atoms with Crippen LogP contribution in [0, 0.1) is 0 Å². The van der Waals surface area contributed by atoms with Crippen LogP contribution in [-0.2, 0) is 20.4 Å². The lowest BCUT2D eigenvalue weighted by atomic mass is 9.63. The molecule has 0 atom stereocenters. The average molecular weight is 497 g/mol. The van der Waals surface area contributed by atoms with Crippen LogP contribution in [0.25, 0.3) is 0 Å². The number of nitrogens with zero attached hydrogens (tertiary/aromatic N) is 1. The molecule has 1 aromatic carbocycles. The number of carbonyl (C=O) groups excluding carboxylic acids is 1. The van der Waals surface area contributed by atoms with Gasteiger partial charge in [0.1, 0.15) is 11.5 Å². The largest absolute Gasteiger partial charge is 0.516 e. The third-order valence-corrected chi connectivity index (χ3v) is 6.65.